The third-order valence-electron chi connectivity index (χ3n) is 3.00. The minimum atomic E-state index is 0.0324. The summed E-state index contributed by atoms with van der Waals surface area (Å²) in [7, 11) is 0. The van der Waals surface area contributed by atoms with Gasteiger partial charge >= 0.3 is 0 Å². The molecule has 0 bridgehead atoms. The molecule has 1 aromatic carbocycles. The van der Waals surface area contributed by atoms with Gasteiger partial charge in [0.25, 0.3) is 0 Å². The summed E-state index contributed by atoms with van der Waals surface area (Å²) in [6, 6.07) is 9.52. The van der Waals surface area contributed by atoms with Crippen LogP contribution < -0.4 is 0 Å². The van der Waals surface area contributed by atoms with Gasteiger partial charge in [0.05, 0.1) is 17.1 Å². The molecular formula is C14H13N5OS. The van der Waals surface area contributed by atoms with Gasteiger partial charge in [-0.05, 0) is 37.7 Å². The second-order valence-corrected chi connectivity index (χ2v) is 5.56. The molecule has 6 nitrogen and oxygen atoms in total. The fraction of sp³-hybridized carbons (Fsp3) is 0.214. The van der Waals surface area contributed by atoms with E-state index < -0.39 is 0 Å². The molecule has 0 radical (unpaired) electrons. The molecule has 2 heterocycles. The van der Waals surface area contributed by atoms with Crippen molar-refractivity contribution >= 4 is 33.4 Å². The average Bonchev–Trinajstić information content (AvgIpc) is 3.02. The number of aromatic nitrogens is 2. The Labute approximate surface area is 126 Å². The maximum atomic E-state index is 11.3. The Hall–Kier alpha value is -2.28. The molecular weight excluding hydrogens is 286 g/mol. The Bertz CT molecular complexity index is 748. The number of hydrogen-bond donors (Lipinski definition) is 0. The van der Waals surface area contributed by atoms with E-state index in [9.17, 15) is 4.79 Å². The van der Waals surface area contributed by atoms with E-state index in [0.717, 1.165) is 28.8 Å². The average molecular weight is 299 g/mol. The Morgan fingerprint density at radius 1 is 1.19 bits per heavy atom. The zero-order valence-electron chi connectivity index (χ0n) is 11.6. The summed E-state index contributed by atoms with van der Waals surface area (Å²) >= 11 is 1.11. The number of nitrogens with zero attached hydrogens (tertiary/aromatic N) is 5. The van der Waals surface area contributed by atoms with Gasteiger partial charge in [0.1, 0.15) is 12.2 Å². The first-order chi connectivity index (χ1) is 10.1. The van der Waals surface area contributed by atoms with Gasteiger partial charge in [0.2, 0.25) is 5.12 Å². The molecule has 1 aliphatic heterocycles. The molecule has 106 valence electrons. The molecule has 0 amide bonds. The Kier molecular flexibility index (Phi) is 3.66. The Morgan fingerprint density at radius 3 is 2.62 bits per heavy atom. The number of rotatable bonds is 2. The van der Waals surface area contributed by atoms with E-state index in [4.69, 9.17) is 0 Å². The Balaban J connectivity index is 1.92. The van der Waals surface area contributed by atoms with E-state index in [1.807, 2.05) is 44.2 Å². The highest BCUT2D eigenvalue weighted by Gasteiger charge is 2.22. The van der Waals surface area contributed by atoms with Gasteiger partial charge in [-0.1, -0.05) is 18.2 Å². The lowest BCUT2D eigenvalue weighted by atomic mass is 10.3. The van der Waals surface area contributed by atoms with Gasteiger partial charge in [-0.15, -0.1) is 5.11 Å². The molecule has 21 heavy (non-hydrogen) atoms. The van der Waals surface area contributed by atoms with Crippen LogP contribution in [-0.4, -0.2) is 26.6 Å². The summed E-state index contributed by atoms with van der Waals surface area (Å²) in [6.07, 6.45) is 0. The van der Waals surface area contributed by atoms with Crippen LogP contribution in [0.2, 0.25) is 0 Å². The quantitative estimate of drug-likeness (QED) is 0.798. The van der Waals surface area contributed by atoms with Crippen molar-refractivity contribution in [1.29, 1.82) is 0 Å². The lowest BCUT2D eigenvalue weighted by Gasteiger charge is -2.00. The molecule has 0 unspecified atom stereocenters. The number of aliphatic imine (C=N–C) groups is 1. The van der Waals surface area contributed by atoms with Gasteiger partial charge in [-0.2, -0.15) is 10.2 Å². The van der Waals surface area contributed by atoms with E-state index >= 15 is 0 Å². The van der Waals surface area contributed by atoms with Crippen molar-refractivity contribution in [3.8, 4) is 0 Å². The number of hydrogen-bond acceptors (Lipinski definition) is 6. The maximum Gasteiger partial charge on any atom is 0.218 e. The molecule has 1 aromatic heterocycles. The van der Waals surface area contributed by atoms with Crippen molar-refractivity contribution in [1.82, 2.24) is 9.78 Å². The molecule has 2 aromatic rings. The van der Waals surface area contributed by atoms with Crippen LogP contribution in [0.5, 0.6) is 0 Å². The number of benzene rings is 1. The number of carbonyl (C=O) groups is 1. The molecule has 3 rings (SSSR count). The van der Waals surface area contributed by atoms with Crippen molar-refractivity contribution in [2.24, 2.45) is 15.2 Å². The van der Waals surface area contributed by atoms with E-state index in [2.05, 4.69) is 20.3 Å². The fourth-order valence-electron chi connectivity index (χ4n) is 1.98. The predicted octanol–water partition coefficient (Wildman–Crippen LogP) is 3.39. The second-order valence-electron chi connectivity index (χ2n) is 4.54. The van der Waals surface area contributed by atoms with Gasteiger partial charge in [-0.25, -0.2) is 4.68 Å². The van der Waals surface area contributed by atoms with Crippen LogP contribution in [-0.2, 0) is 4.79 Å². The maximum absolute atomic E-state index is 11.3. The minimum Gasteiger partial charge on any atom is -0.285 e. The molecule has 0 aliphatic carbocycles. The van der Waals surface area contributed by atoms with E-state index in [-0.39, 0.29) is 11.7 Å². The van der Waals surface area contributed by atoms with Crippen LogP contribution in [0.15, 0.2) is 45.6 Å². The van der Waals surface area contributed by atoms with Gasteiger partial charge in [-0.3, -0.25) is 9.79 Å². The molecule has 0 N–H and O–H groups in total. The van der Waals surface area contributed by atoms with Gasteiger partial charge in [0, 0.05) is 0 Å². The molecule has 0 spiro atoms. The molecule has 0 fully saturated rings. The highest BCUT2D eigenvalue weighted by molar-refractivity contribution is 8.26. The number of carbonyl (C=O) groups excluding carboxylic acids is 1. The second kappa shape index (κ2) is 5.61. The van der Waals surface area contributed by atoms with Crippen molar-refractivity contribution in [3.63, 3.8) is 0 Å². The van der Waals surface area contributed by atoms with Crippen LogP contribution in [0.3, 0.4) is 0 Å². The number of azo groups is 1. The summed E-state index contributed by atoms with van der Waals surface area (Å²) in [5, 5.41) is 13.5. The number of aryl methyl sites for hydroxylation is 1. The van der Waals surface area contributed by atoms with Crippen LogP contribution in [0.4, 0.5) is 11.4 Å². The highest BCUT2D eigenvalue weighted by Crippen LogP contribution is 2.27. The summed E-state index contributed by atoms with van der Waals surface area (Å²) in [5.41, 5.74) is 3.08. The highest BCUT2D eigenvalue weighted by atomic mass is 32.2. The molecule has 0 saturated heterocycles. The largest absolute Gasteiger partial charge is 0.285 e. The van der Waals surface area contributed by atoms with Crippen molar-refractivity contribution in [3.05, 3.63) is 41.7 Å². The molecule has 1 aliphatic rings. The van der Waals surface area contributed by atoms with Crippen LogP contribution in [0.1, 0.15) is 11.4 Å². The van der Waals surface area contributed by atoms with Crippen LogP contribution >= 0.6 is 11.8 Å². The van der Waals surface area contributed by atoms with Crippen molar-refractivity contribution in [2.75, 3.05) is 6.54 Å². The monoisotopic (exact) mass is 299 g/mol. The van der Waals surface area contributed by atoms with Gasteiger partial charge < -0.3 is 0 Å². The Morgan fingerprint density at radius 2 is 1.95 bits per heavy atom. The SMILES string of the molecule is Cc1nn(C2=NCC(=O)S2)c(C)c1N=Nc1ccccc1. The minimum absolute atomic E-state index is 0.0324. The predicted molar refractivity (Wildman–Crippen MR) is 82.6 cm³/mol. The molecule has 7 heteroatoms. The van der Waals surface area contributed by atoms with E-state index in [1.165, 1.54) is 0 Å². The lowest BCUT2D eigenvalue weighted by molar-refractivity contribution is -0.109. The topological polar surface area (TPSA) is 72.0 Å². The zero-order chi connectivity index (χ0) is 14.8. The van der Waals surface area contributed by atoms with Crippen molar-refractivity contribution < 1.29 is 4.79 Å². The lowest BCUT2D eigenvalue weighted by Crippen LogP contribution is -2.09. The molecule has 0 atom stereocenters. The fourth-order valence-corrected chi connectivity index (χ4v) is 2.70. The summed E-state index contributed by atoms with van der Waals surface area (Å²) in [6.45, 7) is 3.97. The molecule has 0 saturated carbocycles. The first kappa shape index (κ1) is 13.7. The first-order valence-corrected chi connectivity index (χ1v) is 7.25. The van der Waals surface area contributed by atoms with Crippen LogP contribution in [0, 0.1) is 13.8 Å². The third-order valence-corrected chi connectivity index (χ3v) is 3.85. The summed E-state index contributed by atoms with van der Waals surface area (Å²) in [4.78, 5) is 15.5. The smallest absolute Gasteiger partial charge is 0.218 e. The van der Waals surface area contributed by atoms with Crippen molar-refractivity contribution in [2.45, 2.75) is 13.8 Å². The zero-order valence-corrected chi connectivity index (χ0v) is 12.5. The van der Waals surface area contributed by atoms with Crippen LogP contribution in [0.25, 0.3) is 0 Å². The van der Waals surface area contributed by atoms with Gasteiger partial charge in [0.15, 0.2) is 5.17 Å². The standard InChI is InChI=1S/C14H13N5OS/c1-9-13(17-16-11-6-4-3-5-7-11)10(2)19(18-9)14-15-8-12(20)21-14/h3-7H,8H2,1-2H3. The summed E-state index contributed by atoms with van der Waals surface area (Å²) < 4.78 is 1.66. The first-order valence-electron chi connectivity index (χ1n) is 6.43. The third kappa shape index (κ3) is 2.78. The normalized spacial score (nSPS) is 15.0. The number of thioether (sulfide) groups is 1. The van der Waals surface area contributed by atoms with E-state index in [0.29, 0.717) is 10.9 Å². The summed E-state index contributed by atoms with van der Waals surface area (Å²) in [5.74, 6) is 0. The van der Waals surface area contributed by atoms with E-state index in [1.54, 1.807) is 4.68 Å².